The molecule has 0 atom stereocenters. The van der Waals surface area contributed by atoms with Crippen LogP contribution in [-0.2, 0) is 0 Å². The maximum Gasteiger partial charge on any atom is 0.316 e. The molecule has 1 aromatic carbocycles. The summed E-state index contributed by atoms with van der Waals surface area (Å²) in [5.74, 6) is -0.304. The predicted molar refractivity (Wildman–Crippen MR) is 80.2 cm³/mol. The maximum atomic E-state index is 12.0. The number of carbonyl (C=O) groups is 1. The standard InChI is InChI=1S/C15H16N4O3/c1-15(2,8-20)18-13(21)14-17-12(19-22-14)10-3-4-11-9(7-10)5-6-16-11/h3-7,16,20H,8H2,1-2H3,(H,18,21). The summed E-state index contributed by atoms with van der Waals surface area (Å²) in [6.07, 6.45) is 1.85. The number of aliphatic hydroxyl groups is 1. The number of nitrogens with one attached hydrogen (secondary N) is 2. The van der Waals surface area contributed by atoms with Gasteiger partial charge in [0.25, 0.3) is 0 Å². The van der Waals surface area contributed by atoms with E-state index < -0.39 is 11.4 Å². The van der Waals surface area contributed by atoms with E-state index in [1.54, 1.807) is 13.8 Å². The molecule has 0 unspecified atom stereocenters. The maximum absolute atomic E-state index is 12.0. The Balaban J connectivity index is 1.85. The quantitative estimate of drug-likeness (QED) is 0.680. The zero-order valence-electron chi connectivity index (χ0n) is 12.3. The third kappa shape index (κ3) is 2.71. The number of nitrogens with zero attached hydrogens (tertiary/aromatic N) is 2. The molecule has 0 bridgehead atoms. The summed E-state index contributed by atoms with van der Waals surface area (Å²) < 4.78 is 5.00. The van der Waals surface area contributed by atoms with Crippen molar-refractivity contribution in [2.24, 2.45) is 0 Å². The predicted octanol–water partition coefficient (Wildman–Crippen LogP) is 1.72. The lowest BCUT2D eigenvalue weighted by Crippen LogP contribution is -2.46. The van der Waals surface area contributed by atoms with E-state index in [1.165, 1.54) is 0 Å². The molecule has 0 saturated heterocycles. The van der Waals surface area contributed by atoms with Crippen LogP contribution in [-0.4, -0.2) is 38.3 Å². The van der Waals surface area contributed by atoms with Gasteiger partial charge in [-0.1, -0.05) is 5.16 Å². The Labute approximate surface area is 126 Å². The summed E-state index contributed by atoms with van der Waals surface area (Å²) in [5.41, 5.74) is 1.02. The first-order chi connectivity index (χ1) is 10.5. The van der Waals surface area contributed by atoms with Crippen LogP contribution in [0.15, 0.2) is 35.0 Å². The largest absolute Gasteiger partial charge is 0.394 e. The van der Waals surface area contributed by atoms with Crippen molar-refractivity contribution >= 4 is 16.8 Å². The molecule has 114 valence electrons. The molecular formula is C15H16N4O3. The molecule has 0 radical (unpaired) electrons. The van der Waals surface area contributed by atoms with E-state index >= 15 is 0 Å². The van der Waals surface area contributed by atoms with Gasteiger partial charge in [0, 0.05) is 22.7 Å². The van der Waals surface area contributed by atoms with Gasteiger partial charge < -0.3 is 19.9 Å². The summed E-state index contributed by atoms with van der Waals surface area (Å²) in [6.45, 7) is 3.20. The Kier molecular flexibility index (Phi) is 3.42. The highest BCUT2D eigenvalue weighted by Crippen LogP contribution is 2.21. The van der Waals surface area contributed by atoms with Crippen LogP contribution in [0.4, 0.5) is 0 Å². The lowest BCUT2D eigenvalue weighted by molar-refractivity contribution is 0.0825. The number of hydrogen-bond donors (Lipinski definition) is 3. The van der Waals surface area contributed by atoms with Crippen molar-refractivity contribution in [1.82, 2.24) is 20.4 Å². The number of fused-ring (bicyclic) bond motifs is 1. The molecule has 0 spiro atoms. The Bertz CT molecular complexity index is 819. The number of amides is 1. The number of carbonyl (C=O) groups excluding carboxylic acids is 1. The summed E-state index contributed by atoms with van der Waals surface area (Å²) in [4.78, 5) is 19.2. The number of aromatic nitrogens is 3. The molecule has 7 nitrogen and oxygen atoms in total. The van der Waals surface area contributed by atoms with Gasteiger partial charge in [-0.25, -0.2) is 0 Å². The van der Waals surface area contributed by atoms with Crippen molar-refractivity contribution in [2.75, 3.05) is 6.61 Å². The van der Waals surface area contributed by atoms with Gasteiger partial charge in [-0.3, -0.25) is 4.79 Å². The van der Waals surface area contributed by atoms with Gasteiger partial charge in [0.05, 0.1) is 12.1 Å². The molecule has 7 heteroatoms. The number of hydrogen-bond acceptors (Lipinski definition) is 5. The van der Waals surface area contributed by atoms with E-state index in [0.717, 1.165) is 16.5 Å². The number of H-pyrrole nitrogens is 1. The smallest absolute Gasteiger partial charge is 0.316 e. The van der Waals surface area contributed by atoms with Gasteiger partial charge in [-0.2, -0.15) is 4.98 Å². The highest BCUT2D eigenvalue weighted by atomic mass is 16.5. The van der Waals surface area contributed by atoms with Gasteiger partial charge in [0.15, 0.2) is 0 Å². The van der Waals surface area contributed by atoms with E-state index in [9.17, 15) is 4.79 Å². The van der Waals surface area contributed by atoms with Gasteiger partial charge in [-0.15, -0.1) is 0 Å². The minimum Gasteiger partial charge on any atom is -0.394 e. The van der Waals surface area contributed by atoms with Crippen LogP contribution < -0.4 is 5.32 Å². The number of aliphatic hydroxyl groups excluding tert-OH is 1. The van der Waals surface area contributed by atoms with E-state index in [4.69, 9.17) is 9.63 Å². The second-order valence-corrected chi connectivity index (χ2v) is 5.70. The van der Waals surface area contributed by atoms with E-state index in [2.05, 4.69) is 20.4 Å². The minimum atomic E-state index is -0.754. The average molecular weight is 300 g/mol. The fourth-order valence-corrected chi connectivity index (χ4v) is 2.03. The second-order valence-electron chi connectivity index (χ2n) is 5.70. The summed E-state index contributed by atoms with van der Waals surface area (Å²) in [5, 5.41) is 16.6. The molecule has 3 rings (SSSR count). The van der Waals surface area contributed by atoms with Crippen molar-refractivity contribution < 1.29 is 14.4 Å². The van der Waals surface area contributed by atoms with Crippen molar-refractivity contribution in [2.45, 2.75) is 19.4 Å². The van der Waals surface area contributed by atoms with Gasteiger partial charge in [0.1, 0.15) is 0 Å². The topological polar surface area (TPSA) is 104 Å². The SMILES string of the molecule is CC(C)(CO)NC(=O)c1nc(-c2ccc3[nH]ccc3c2)no1. The normalized spacial score (nSPS) is 11.8. The Morgan fingerprint density at radius 3 is 3.00 bits per heavy atom. The van der Waals surface area contributed by atoms with Crippen molar-refractivity contribution in [3.63, 3.8) is 0 Å². The Hall–Kier alpha value is -2.67. The molecule has 22 heavy (non-hydrogen) atoms. The number of aromatic amines is 1. The monoisotopic (exact) mass is 300 g/mol. The molecular weight excluding hydrogens is 284 g/mol. The molecule has 1 amide bonds. The molecule has 0 aliphatic rings. The summed E-state index contributed by atoms with van der Waals surface area (Å²) >= 11 is 0. The van der Waals surface area contributed by atoms with Crippen molar-refractivity contribution in [3.05, 3.63) is 36.4 Å². The van der Waals surface area contributed by atoms with Gasteiger partial charge in [0.2, 0.25) is 5.82 Å². The highest BCUT2D eigenvalue weighted by molar-refractivity contribution is 5.90. The second kappa shape index (κ2) is 5.27. The first-order valence-corrected chi connectivity index (χ1v) is 6.83. The Morgan fingerprint density at radius 1 is 1.41 bits per heavy atom. The van der Waals surface area contributed by atoms with Crippen LogP contribution in [0.5, 0.6) is 0 Å². The van der Waals surface area contributed by atoms with Crippen LogP contribution >= 0.6 is 0 Å². The van der Waals surface area contributed by atoms with Crippen molar-refractivity contribution in [1.29, 1.82) is 0 Å². The van der Waals surface area contributed by atoms with Crippen LogP contribution in [0.3, 0.4) is 0 Å². The highest BCUT2D eigenvalue weighted by Gasteiger charge is 2.24. The third-order valence-corrected chi connectivity index (χ3v) is 3.28. The zero-order chi connectivity index (χ0) is 15.7. The zero-order valence-corrected chi connectivity index (χ0v) is 12.3. The van der Waals surface area contributed by atoms with Gasteiger partial charge in [-0.05, 0) is 38.1 Å². The van der Waals surface area contributed by atoms with Crippen LogP contribution in [0.1, 0.15) is 24.5 Å². The fraction of sp³-hybridized carbons (Fsp3) is 0.267. The molecule has 2 heterocycles. The van der Waals surface area contributed by atoms with Crippen molar-refractivity contribution in [3.8, 4) is 11.4 Å². The molecule has 2 aromatic heterocycles. The Morgan fingerprint density at radius 2 is 2.23 bits per heavy atom. The molecule has 0 aliphatic heterocycles. The number of rotatable bonds is 4. The van der Waals surface area contributed by atoms with E-state index in [0.29, 0.717) is 5.82 Å². The molecule has 0 saturated carbocycles. The molecule has 0 fully saturated rings. The van der Waals surface area contributed by atoms with E-state index in [-0.39, 0.29) is 12.5 Å². The molecule has 3 aromatic rings. The third-order valence-electron chi connectivity index (χ3n) is 3.28. The van der Waals surface area contributed by atoms with Crippen LogP contribution in [0, 0.1) is 0 Å². The van der Waals surface area contributed by atoms with Gasteiger partial charge >= 0.3 is 11.8 Å². The fourth-order valence-electron chi connectivity index (χ4n) is 2.03. The van der Waals surface area contributed by atoms with Crippen LogP contribution in [0.25, 0.3) is 22.3 Å². The lowest BCUT2D eigenvalue weighted by atomic mass is 10.1. The lowest BCUT2D eigenvalue weighted by Gasteiger charge is -2.21. The minimum absolute atomic E-state index is 0.134. The number of benzene rings is 1. The van der Waals surface area contributed by atoms with Crippen LogP contribution in [0.2, 0.25) is 0 Å². The average Bonchev–Trinajstić information content (AvgIpc) is 3.15. The first kappa shape index (κ1) is 14.3. The molecule has 0 aliphatic carbocycles. The van der Waals surface area contributed by atoms with E-state index in [1.807, 2.05) is 30.5 Å². The molecule has 3 N–H and O–H groups in total. The summed E-state index contributed by atoms with van der Waals surface area (Å²) in [6, 6.07) is 7.62. The summed E-state index contributed by atoms with van der Waals surface area (Å²) in [7, 11) is 0. The first-order valence-electron chi connectivity index (χ1n) is 6.83.